The first kappa shape index (κ1) is 11.3. The SMILES string of the molecule is O=C(CCn1cccn1)Nc1ncc(Br)s1. The van der Waals surface area contributed by atoms with E-state index >= 15 is 0 Å². The number of amides is 1. The van der Waals surface area contributed by atoms with E-state index < -0.39 is 0 Å². The second-order valence-corrected chi connectivity index (χ2v) is 5.45. The highest BCUT2D eigenvalue weighted by atomic mass is 79.9. The first-order chi connectivity index (χ1) is 7.74. The number of carbonyl (C=O) groups is 1. The van der Waals surface area contributed by atoms with Gasteiger partial charge in [-0.05, 0) is 22.0 Å². The van der Waals surface area contributed by atoms with E-state index in [0.717, 1.165) is 3.79 Å². The average molecular weight is 301 g/mol. The summed E-state index contributed by atoms with van der Waals surface area (Å²) in [6.07, 6.45) is 5.57. The number of halogens is 1. The molecule has 0 aliphatic carbocycles. The van der Waals surface area contributed by atoms with Crippen LogP contribution in [0.15, 0.2) is 28.4 Å². The summed E-state index contributed by atoms with van der Waals surface area (Å²) in [5.74, 6) is -0.0580. The molecular formula is C9H9BrN4OS. The van der Waals surface area contributed by atoms with Crippen LogP contribution in [0.4, 0.5) is 5.13 Å². The number of nitrogens with one attached hydrogen (secondary N) is 1. The van der Waals surface area contributed by atoms with Gasteiger partial charge in [0.15, 0.2) is 5.13 Å². The van der Waals surface area contributed by atoms with Gasteiger partial charge in [-0.3, -0.25) is 9.48 Å². The molecule has 0 aliphatic heterocycles. The van der Waals surface area contributed by atoms with Crippen molar-refractivity contribution in [2.24, 2.45) is 0 Å². The molecule has 2 heterocycles. The van der Waals surface area contributed by atoms with Crippen molar-refractivity contribution in [3.63, 3.8) is 0 Å². The predicted octanol–water partition coefficient (Wildman–Crippen LogP) is 2.13. The fraction of sp³-hybridized carbons (Fsp3) is 0.222. The van der Waals surface area contributed by atoms with Crippen molar-refractivity contribution in [1.29, 1.82) is 0 Å². The van der Waals surface area contributed by atoms with Gasteiger partial charge in [-0.25, -0.2) is 4.98 Å². The quantitative estimate of drug-likeness (QED) is 0.941. The summed E-state index contributed by atoms with van der Waals surface area (Å²) in [6.45, 7) is 0.575. The molecule has 0 aromatic carbocycles. The van der Waals surface area contributed by atoms with Gasteiger partial charge in [0, 0.05) is 25.4 Å². The number of nitrogens with zero attached hydrogens (tertiary/aromatic N) is 3. The molecule has 1 N–H and O–H groups in total. The summed E-state index contributed by atoms with van der Waals surface area (Å²) in [4.78, 5) is 15.5. The number of hydrogen-bond donors (Lipinski definition) is 1. The van der Waals surface area contributed by atoms with Gasteiger partial charge >= 0.3 is 0 Å². The molecule has 84 valence electrons. The van der Waals surface area contributed by atoms with E-state index in [4.69, 9.17) is 0 Å². The van der Waals surface area contributed by atoms with Crippen LogP contribution in [-0.2, 0) is 11.3 Å². The molecule has 2 aromatic heterocycles. The minimum Gasteiger partial charge on any atom is -0.302 e. The summed E-state index contributed by atoms with van der Waals surface area (Å²) in [6, 6.07) is 1.83. The Morgan fingerprint density at radius 2 is 2.50 bits per heavy atom. The first-order valence-electron chi connectivity index (χ1n) is 4.62. The lowest BCUT2D eigenvalue weighted by Crippen LogP contribution is -2.14. The van der Waals surface area contributed by atoms with E-state index in [9.17, 15) is 4.79 Å². The molecule has 0 unspecified atom stereocenters. The average Bonchev–Trinajstić information content (AvgIpc) is 2.87. The van der Waals surface area contributed by atoms with Crippen LogP contribution >= 0.6 is 27.3 Å². The van der Waals surface area contributed by atoms with Crippen LogP contribution in [0.25, 0.3) is 0 Å². The zero-order valence-electron chi connectivity index (χ0n) is 8.26. The Balaban J connectivity index is 1.81. The molecule has 2 rings (SSSR count). The van der Waals surface area contributed by atoms with E-state index in [1.54, 1.807) is 17.1 Å². The number of aromatic nitrogens is 3. The second kappa shape index (κ2) is 5.22. The summed E-state index contributed by atoms with van der Waals surface area (Å²) in [5.41, 5.74) is 0. The number of thiazole rings is 1. The predicted molar refractivity (Wildman–Crippen MR) is 65.3 cm³/mol. The largest absolute Gasteiger partial charge is 0.302 e. The van der Waals surface area contributed by atoms with Crippen LogP contribution in [0.5, 0.6) is 0 Å². The number of carbonyl (C=O) groups excluding carboxylic acids is 1. The van der Waals surface area contributed by atoms with E-state index in [1.807, 2.05) is 12.3 Å². The standard InChI is InChI=1S/C9H9BrN4OS/c10-7-6-11-9(16-7)13-8(15)2-5-14-4-1-3-12-14/h1,3-4,6H,2,5H2,(H,11,13,15). The molecule has 0 spiro atoms. The van der Waals surface area contributed by atoms with E-state index in [2.05, 4.69) is 31.3 Å². The van der Waals surface area contributed by atoms with Crippen molar-refractivity contribution in [2.75, 3.05) is 5.32 Å². The third-order valence-corrected chi connectivity index (χ3v) is 3.24. The number of rotatable bonds is 4. The molecule has 0 radical (unpaired) electrons. The second-order valence-electron chi connectivity index (χ2n) is 3.04. The van der Waals surface area contributed by atoms with Gasteiger partial charge in [-0.1, -0.05) is 11.3 Å². The third-order valence-electron chi connectivity index (χ3n) is 1.85. The molecule has 16 heavy (non-hydrogen) atoms. The fourth-order valence-corrected chi connectivity index (χ4v) is 2.27. The van der Waals surface area contributed by atoms with Gasteiger partial charge in [0.1, 0.15) is 0 Å². The Bertz CT molecular complexity index is 468. The van der Waals surface area contributed by atoms with Gasteiger partial charge in [0.05, 0.1) is 9.98 Å². The monoisotopic (exact) mass is 300 g/mol. The van der Waals surface area contributed by atoms with E-state index in [-0.39, 0.29) is 5.91 Å². The molecule has 0 bridgehead atoms. The Labute approximate surface area is 105 Å². The normalized spacial score (nSPS) is 10.3. The molecule has 5 nitrogen and oxygen atoms in total. The maximum absolute atomic E-state index is 11.5. The van der Waals surface area contributed by atoms with E-state index in [0.29, 0.717) is 18.1 Å². The van der Waals surface area contributed by atoms with Gasteiger partial charge < -0.3 is 5.32 Å². The molecule has 2 aromatic rings. The van der Waals surface area contributed by atoms with Crippen LogP contribution in [0, 0.1) is 0 Å². The van der Waals surface area contributed by atoms with Gasteiger partial charge in [0.2, 0.25) is 5.91 Å². The highest BCUT2D eigenvalue weighted by molar-refractivity contribution is 9.11. The molecule has 1 amide bonds. The van der Waals surface area contributed by atoms with Crippen LogP contribution in [-0.4, -0.2) is 20.7 Å². The van der Waals surface area contributed by atoms with Crippen LogP contribution in [0.3, 0.4) is 0 Å². The zero-order valence-corrected chi connectivity index (χ0v) is 10.7. The summed E-state index contributed by atoms with van der Waals surface area (Å²) in [7, 11) is 0. The highest BCUT2D eigenvalue weighted by Crippen LogP contribution is 2.23. The number of aryl methyl sites for hydroxylation is 1. The lowest BCUT2D eigenvalue weighted by Gasteiger charge is -2.01. The van der Waals surface area contributed by atoms with Crippen molar-refractivity contribution in [1.82, 2.24) is 14.8 Å². The lowest BCUT2D eigenvalue weighted by atomic mass is 10.4. The summed E-state index contributed by atoms with van der Waals surface area (Å²) >= 11 is 4.67. The van der Waals surface area contributed by atoms with Crippen molar-refractivity contribution in [3.8, 4) is 0 Å². The Hall–Kier alpha value is -1.21. The van der Waals surface area contributed by atoms with Crippen LogP contribution in [0.1, 0.15) is 6.42 Å². The van der Waals surface area contributed by atoms with Gasteiger partial charge in [-0.2, -0.15) is 5.10 Å². The Morgan fingerprint density at radius 3 is 3.12 bits per heavy atom. The van der Waals surface area contributed by atoms with Crippen molar-refractivity contribution in [2.45, 2.75) is 13.0 Å². The highest BCUT2D eigenvalue weighted by Gasteiger charge is 2.05. The Morgan fingerprint density at radius 1 is 1.62 bits per heavy atom. The lowest BCUT2D eigenvalue weighted by molar-refractivity contribution is -0.116. The topological polar surface area (TPSA) is 59.8 Å². The van der Waals surface area contributed by atoms with Crippen LogP contribution in [0.2, 0.25) is 0 Å². The molecule has 0 saturated carbocycles. The minimum atomic E-state index is -0.0580. The summed E-state index contributed by atoms with van der Waals surface area (Å²) < 4.78 is 2.62. The maximum atomic E-state index is 11.5. The third kappa shape index (κ3) is 3.14. The van der Waals surface area contributed by atoms with Gasteiger partial charge in [-0.15, -0.1) is 0 Å². The van der Waals surface area contributed by atoms with E-state index in [1.165, 1.54) is 11.3 Å². The Kier molecular flexibility index (Phi) is 3.68. The van der Waals surface area contributed by atoms with Crippen LogP contribution < -0.4 is 5.32 Å². The molecule has 0 fully saturated rings. The molecule has 0 atom stereocenters. The van der Waals surface area contributed by atoms with Crippen molar-refractivity contribution >= 4 is 38.3 Å². The molecule has 0 aliphatic rings. The molecular weight excluding hydrogens is 292 g/mol. The smallest absolute Gasteiger partial charge is 0.228 e. The van der Waals surface area contributed by atoms with Crippen molar-refractivity contribution < 1.29 is 4.79 Å². The molecule has 0 saturated heterocycles. The van der Waals surface area contributed by atoms with Gasteiger partial charge in [0.25, 0.3) is 0 Å². The molecule has 7 heteroatoms. The number of anilines is 1. The fourth-order valence-electron chi connectivity index (χ4n) is 1.14. The number of hydrogen-bond acceptors (Lipinski definition) is 4. The zero-order chi connectivity index (χ0) is 11.4. The van der Waals surface area contributed by atoms with Crippen molar-refractivity contribution in [3.05, 3.63) is 28.4 Å². The first-order valence-corrected chi connectivity index (χ1v) is 6.23. The maximum Gasteiger partial charge on any atom is 0.228 e. The minimum absolute atomic E-state index is 0.0580. The summed E-state index contributed by atoms with van der Waals surface area (Å²) in [5, 5.41) is 7.35.